The second-order valence-corrected chi connectivity index (χ2v) is 8.80. The van der Waals surface area contributed by atoms with Crippen LogP contribution in [0.25, 0.3) is 10.8 Å². The monoisotopic (exact) mass is 424 g/mol. The van der Waals surface area contributed by atoms with Crippen LogP contribution in [0.1, 0.15) is 49.6 Å². The molecule has 0 radical (unpaired) electrons. The molecule has 3 aromatic carbocycles. The number of aromatic nitrogens is 1. The summed E-state index contributed by atoms with van der Waals surface area (Å²) in [4.78, 5) is 2.62. The molecule has 0 N–H and O–H groups in total. The van der Waals surface area contributed by atoms with Crippen LogP contribution < -0.4 is 0 Å². The predicted molar refractivity (Wildman–Crippen MR) is 132 cm³/mol. The molecule has 3 nitrogen and oxygen atoms in total. The van der Waals surface area contributed by atoms with Gasteiger partial charge in [-0.25, -0.2) is 0 Å². The van der Waals surface area contributed by atoms with Crippen molar-refractivity contribution < 1.29 is 4.74 Å². The van der Waals surface area contributed by atoms with Crippen molar-refractivity contribution in [3.05, 3.63) is 108 Å². The normalized spacial score (nSPS) is 16.6. The fourth-order valence-electron chi connectivity index (χ4n) is 5.04. The quantitative estimate of drug-likeness (QED) is 0.324. The van der Waals surface area contributed by atoms with Crippen LogP contribution in [-0.2, 0) is 4.74 Å². The summed E-state index contributed by atoms with van der Waals surface area (Å²) in [6.45, 7) is 4.42. The van der Waals surface area contributed by atoms with E-state index in [0.717, 1.165) is 32.4 Å². The van der Waals surface area contributed by atoms with Crippen LogP contribution in [0.2, 0.25) is 0 Å². The highest BCUT2D eigenvalue weighted by Gasteiger charge is 2.28. The van der Waals surface area contributed by atoms with Gasteiger partial charge in [0, 0.05) is 25.5 Å². The molecular weight excluding hydrogens is 392 g/mol. The Kier molecular flexibility index (Phi) is 6.38. The van der Waals surface area contributed by atoms with E-state index in [1.54, 1.807) is 0 Å². The van der Waals surface area contributed by atoms with Crippen molar-refractivity contribution in [1.82, 2.24) is 9.47 Å². The molecule has 32 heavy (non-hydrogen) atoms. The number of benzene rings is 3. The van der Waals surface area contributed by atoms with Crippen molar-refractivity contribution in [3.8, 4) is 0 Å². The van der Waals surface area contributed by atoms with Gasteiger partial charge in [0.2, 0.25) is 0 Å². The standard InChI is InChI=1S/C29H32N2O/c1-2-28(31-21-25-15-9-10-16-26(25)22-31)30-19-17-27(18-20-30)32-29(23-11-5-3-6-12-23)24-13-7-4-8-14-24/h3-16,21-22,27-29H,2,17-20H2,1H3. The molecule has 1 aliphatic rings. The van der Waals surface area contributed by atoms with Gasteiger partial charge >= 0.3 is 0 Å². The Balaban J connectivity index is 1.28. The first-order valence-electron chi connectivity index (χ1n) is 11.9. The molecule has 0 spiro atoms. The van der Waals surface area contributed by atoms with Gasteiger partial charge < -0.3 is 9.30 Å². The Morgan fingerprint density at radius 3 is 1.75 bits per heavy atom. The van der Waals surface area contributed by atoms with Gasteiger partial charge in [-0.1, -0.05) is 91.9 Å². The third kappa shape index (κ3) is 4.50. The topological polar surface area (TPSA) is 17.4 Å². The van der Waals surface area contributed by atoms with Gasteiger partial charge in [-0.05, 0) is 41.2 Å². The van der Waals surface area contributed by atoms with Crippen molar-refractivity contribution in [3.63, 3.8) is 0 Å². The van der Waals surface area contributed by atoms with Gasteiger partial charge in [0.05, 0.1) is 12.3 Å². The fraction of sp³-hybridized carbons (Fsp3) is 0.310. The van der Waals surface area contributed by atoms with E-state index < -0.39 is 0 Å². The van der Waals surface area contributed by atoms with Crippen LogP contribution in [0, 0.1) is 0 Å². The summed E-state index contributed by atoms with van der Waals surface area (Å²) in [5.74, 6) is 0. The second kappa shape index (κ2) is 9.72. The first kappa shape index (κ1) is 21.0. The molecule has 0 amide bonds. The lowest BCUT2D eigenvalue weighted by atomic mass is 10.00. The molecule has 3 heteroatoms. The van der Waals surface area contributed by atoms with Crippen LogP contribution in [0.4, 0.5) is 0 Å². The molecule has 1 aliphatic heterocycles. The van der Waals surface area contributed by atoms with Crippen LogP contribution in [0.15, 0.2) is 97.3 Å². The Labute approximate surface area is 191 Å². The molecule has 0 saturated carbocycles. The van der Waals surface area contributed by atoms with E-state index in [1.807, 2.05) is 0 Å². The number of fused-ring (bicyclic) bond motifs is 1. The highest BCUT2D eigenvalue weighted by Crippen LogP contribution is 2.32. The molecule has 1 saturated heterocycles. The number of ether oxygens (including phenoxy) is 1. The molecule has 0 aliphatic carbocycles. The number of rotatable bonds is 7. The van der Waals surface area contributed by atoms with Gasteiger partial charge in [0.15, 0.2) is 0 Å². The summed E-state index contributed by atoms with van der Waals surface area (Å²) in [5.41, 5.74) is 2.46. The first-order valence-corrected chi connectivity index (χ1v) is 11.9. The summed E-state index contributed by atoms with van der Waals surface area (Å²) >= 11 is 0. The van der Waals surface area contributed by atoms with Gasteiger partial charge in [-0.15, -0.1) is 0 Å². The molecule has 1 unspecified atom stereocenters. The van der Waals surface area contributed by atoms with Crippen molar-refractivity contribution in [2.24, 2.45) is 0 Å². The van der Waals surface area contributed by atoms with Crippen LogP contribution in [-0.4, -0.2) is 28.7 Å². The SMILES string of the molecule is CCC(N1CCC(OC(c2ccccc2)c2ccccc2)CC1)n1cc2ccccc2c1. The number of hydrogen-bond acceptors (Lipinski definition) is 2. The van der Waals surface area contributed by atoms with Crippen LogP contribution in [0.5, 0.6) is 0 Å². The smallest absolute Gasteiger partial charge is 0.108 e. The van der Waals surface area contributed by atoms with Crippen LogP contribution in [0.3, 0.4) is 0 Å². The summed E-state index contributed by atoms with van der Waals surface area (Å²) in [5, 5.41) is 2.63. The van der Waals surface area contributed by atoms with E-state index in [0.29, 0.717) is 6.17 Å². The minimum Gasteiger partial charge on any atom is -0.365 e. The number of piperidine rings is 1. The van der Waals surface area contributed by atoms with Gasteiger partial charge in [-0.3, -0.25) is 4.90 Å². The van der Waals surface area contributed by atoms with Crippen molar-refractivity contribution >= 4 is 10.8 Å². The zero-order valence-electron chi connectivity index (χ0n) is 18.8. The number of hydrogen-bond donors (Lipinski definition) is 0. The summed E-state index contributed by atoms with van der Waals surface area (Å²) in [6, 6.07) is 29.9. The summed E-state index contributed by atoms with van der Waals surface area (Å²) in [7, 11) is 0. The molecular formula is C29H32N2O. The van der Waals surface area contributed by atoms with Crippen molar-refractivity contribution in [2.75, 3.05) is 13.1 Å². The average Bonchev–Trinajstić information content (AvgIpc) is 3.29. The molecule has 1 aromatic heterocycles. The summed E-state index contributed by atoms with van der Waals surface area (Å²) in [6.07, 6.45) is 8.50. The Bertz CT molecular complexity index is 1040. The Hall–Kier alpha value is -2.88. The highest BCUT2D eigenvalue weighted by atomic mass is 16.5. The van der Waals surface area contributed by atoms with E-state index >= 15 is 0 Å². The lowest BCUT2D eigenvalue weighted by Gasteiger charge is -2.39. The Morgan fingerprint density at radius 2 is 1.25 bits per heavy atom. The predicted octanol–water partition coefficient (Wildman–Crippen LogP) is 6.82. The highest BCUT2D eigenvalue weighted by molar-refractivity contribution is 5.82. The summed E-state index contributed by atoms with van der Waals surface area (Å²) < 4.78 is 9.15. The molecule has 0 bridgehead atoms. The van der Waals surface area contributed by atoms with E-state index in [9.17, 15) is 0 Å². The maximum absolute atomic E-state index is 6.75. The lowest BCUT2D eigenvalue weighted by molar-refractivity contribution is -0.0402. The van der Waals surface area contributed by atoms with E-state index in [4.69, 9.17) is 4.74 Å². The molecule has 4 aromatic rings. The van der Waals surface area contributed by atoms with Gasteiger partial charge in [0.1, 0.15) is 6.10 Å². The number of nitrogens with zero attached hydrogens (tertiary/aromatic N) is 2. The minimum atomic E-state index is -0.00864. The van der Waals surface area contributed by atoms with E-state index in [-0.39, 0.29) is 12.2 Å². The molecule has 5 rings (SSSR count). The largest absolute Gasteiger partial charge is 0.365 e. The van der Waals surface area contributed by atoms with E-state index in [2.05, 4.69) is 114 Å². The molecule has 1 fully saturated rings. The Morgan fingerprint density at radius 1 is 0.750 bits per heavy atom. The minimum absolute atomic E-state index is 0.00864. The van der Waals surface area contributed by atoms with Crippen molar-refractivity contribution in [2.45, 2.75) is 44.6 Å². The average molecular weight is 425 g/mol. The van der Waals surface area contributed by atoms with Crippen molar-refractivity contribution in [1.29, 1.82) is 0 Å². The zero-order chi connectivity index (χ0) is 21.8. The maximum Gasteiger partial charge on any atom is 0.108 e. The van der Waals surface area contributed by atoms with Gasteiger partial charge in [0.25, 0.3) is 0 Å². The second-order valence-electron chi connectivity index (χ2n) is 8.80. The molecule has 2 heterocycles. The maximum atomic E-state index is 6.75. The number of likely N-dealkylation sites (tertiary alicyclic amines) is 1. The van der Waals surface area contributed by atoms with E-state index in [1.165, 1.54) is 21.9 Å². The zero-order valence-corrected chi connectivity index (χ0v) is 18.8. The molecule has 1 atom stereocenters. The third-order valence-electron chi connectivity index (χ3n) is 6.71. The molecule has 164 valence electrons. The van der Waals surface area contributed by atoms with Gasteiger partial charge in [-0.2, -0.15) is 0 Å². The van der Waals surface area contributed by atoms with Crippen LogP contribution >= 0.6 is 0 Å². The lowest BCUT2D eigenvalue weighted by Crippen LogP contribution is -2.41. The first-order chi connectivity index (χ1) is 15.8. The fourth-order valence-corrected chi connectivity index (χ4v) is 5.04. The third-order valence-corrected chi connectivity index (χ3v) is 6.71.